The molecular weight excluding hydrogens is 444 g/mol. The Morgan fingerprint density at radius 1 is 0.914 bits per heavy atom. The molecule has 4 rings (SSSR count). The summed E-state index contributed by atoms with van der Waals surface area (Å²) in [6.07, 6.45) is 1.14. The van der Waals surface area contributed by atoms with Gasteiger partial charge in [0.1, 0.15) is 12.6 Å². The molecule has 1 atom stereocenters. The van der Waals surface area contributed by atoms with Gasteiger partial charge in [0.2, 0.25) is 0 Å². The quantitative estimate of drug-likeness (QED) is 0.386. The van der Waals surface area contributed by atoms with E-state index in [2.05, 4.69) is 22.8 Å². The van der Waals surface area contributed by atoms with Crippen LogP contribution in [0.3, 0.4) is 0 Å². The molecule has 0 saturated carbocycles. The van der Waals surface area contributed by atoms with Crippen molar-refractivity contribution in [2.75, 3.05) is 11.9 Å². The van der Waals surface area contributed by atoms with Crippen LogP contribution in [0.15, 0.2) is 72.8 Å². The van der Waals surface area contributed by atoms with Crippen LogP contribution in [0.1, 0.15) is 53.6 Å². The predicted molar refractivity (Wildman–Crippen MR) is 134 cm³/mol. The van der Waals surface area contributed by atoms with Crippen LogP contribution in [0, 0.1) is 0 Å². The number of carboxylic acids is 1. The number of benzene rings is 3. The van der Waals surface area contributed by atoms with Crippen LogP contribution in [-0.4, -0.2) is 35.7 Å². The van der Waals surface area contributed by atoms with E-state index >= 15 is 0 Å². The molecule has 1 aliphatic carbocycles. The van der Waals surface area contributed by atoms with Crippen LogP contribution in [-0.2, 0) is 9.53 Å². The Bertz CT molecular complexity index is 1190. The number of hydrogen-bond acceptors (Lipinski definition) is 4. The standard InChI is InChI=1S/C28H28N2O5/c1-2-3-15-25(27(32)33)29-26(31)22-14-8-9-16-24(22)30-28(34)35-17-23-20-12-6-4-10-18(20)19-11-5-7-13-21(19)23/h4-14,16,23,25H,2-3,15,17H2,1H3,(H,29,31)(H,30,34)(H,32,33)/t25-/m0/s1. The molecule has 180 valence electrons. The number of carboxylic acid groups (broad SMARTS) is 1. The summed E-state index contributed by atoms with van der Waals surface area (Å²) >= 11 is 0. The van der Waals surface area contributed by atoms with Crippen molar-refractivity contribution in [3.8, 4) is 11.1 Å². The van der Waals surface area contributed by atoms with Crippen molar-refractivity contribution in [2.24, 2.45) is 0 Å². The third-order valence-corrected chi connectivity index (χ3v) is 6.20. The number of carbonyl (C=O) groups is 3. The highest BCUT2D eigenvalue weighted by atomic mass is 16.5. The van der Waals surface area contributed by atoms with Gasteiger partial charge in [-0.25, -0.2) is 9.59 Å². The van der Waals surface area contributed by atoms with Crippen molar-refractivity contribution < 1.29 is 24.2 Å². The summed E-state index contributed by atoms with van der Waals surface area (Å²) in [7, 11) is 0. The molecule has 3 aromatic carbocycles. The first-order chi connectivity index (χ1) is 17.0. The summed E-state index contributed by atoms with van der Waals surface area (Å²) in [6.45, 7) is 2.10. The number of rotatable bonds is 9. The van der Waals surface area contributed by atoms with Crippen molar-refractivity contribution >= 4 is 23.7 Å². The van der Waals surface area contributed by atoms with Crippen LogP contribution in [0.2, 0.25) is 0 Å². The number of ether oxygens (including phenoxy) is 1. The van der Waals surface area contributed by atoms with Crippen LogP contribution in [0.25, 0.3) is 11.1 Å². The minimum atomic E-state index is -1.09. The molecule has 3 N–H and O–H groups in total. The molecule has 0 unspecified atom stereocenters. The highest BCUT2D eigenvalue weighted by Crippen LogP contribution is 2.44. The molecule has 7 nitrogen and oxygen atoms in total. The van der Waals surface area contributed by atoms with Gasteiger partial charge in [-0.2, -0.15) is 0 Å². The Labute approximate surface area is 204 Å². The number of fused-ring (bicyclic) bond motifs is 3. The molecular formula is C28H28N2O5. The van der Waals surface area contributed by atoms with Crippen LogP contribution >= 0.6 is 0 Å². The van der Waals surface area contributed by atoms with Crippen molar-refractivity contribution in [1.29, 1.82) is 0 Å². The highest BCUT2D eigenvalue weighted by molar-refractivity contribution is 6.03. The third-order valence-electron chi connectivity index (χ3n) is 6.20. The Morgan fingerprint density at radius 3 is 2.14 bits per heavy atom. The molecule has 2 amide bonds. The van der Waals surface area contributed by atoms with Crippen molar-refractivity contribution in [1.82, 2.24) is 5.32 Å². The van der Waals surface area contributed by atoms with E-state index in [-0.39, 0.29) is 23.8 Å². The molecule has 0 heterocycles. The van der Waals surface area contributed by atoms with Gasteiger partial charge in [-0.15, -0.1) is 0 Å². The number of anilines is 1. The molecule has 0 aromatic heterocycles. The van der Waals surface area contributed by atoms with E-state index in [1.165, 1.54) is 6.07 Å². The zero-order valence-electron chi connectivity index (χ0n) is 19.5. The minimum absolute atomic E-state index is 0.0819. The lowest BCUT2D eigenvalue weighted by Crippen LogP contribution is -2.41. The second-order valence-corrected chi connectivity index (χ2v) is 8.50. The lowest BCUT2D eigenvalue weighted by molar-refractivity contribution is -0.139. The number of amides is 2. The van der Waals surface area contributed by atoms with Crippen molar-refractivity contribution in [3.05, 3.63) is 89.5 Å². The van der Waals surface area contributed by atoms with Gasteiger partial charge in [-0.05, 0) is 40.8 Å². The molecule has 0 radical (unpaired) electrons. The first-order valence-electron chi connectivity index (χ1n) is 11.7. The molecule has 0 fully saturated rings. The van der Waals surface area contributed by atoms with Gasteiger partial charge in [-0.1, -0.05) is 80.4 Å². The van der Waals surface area contributed by atoms with E-state index in [4.69, 9.17) is 4.74 Å². The Kier molecular flexibility index (Phi) is 7.45. The second-order valence-electron chi connectivity index (χ2n) is 8.50. The summed E-state index contributed by atoms with van der Waals surface area (Å²) < 4.78 is 5.57. The van der Waals surface area contributed by atoms with Crippen LogP contribution < -0.4 is 10.6 Å². The van der Waals surface area contributed by atoms with Gasteiger partial charge in [0.25, 0.3) is 5.91 Å². The average Bonchev–Trinajstić information content (AvgIpc) is 3.19. The Morgan fingerprint density at radius 2 is 1.51 bits per heavy atom. The monoisotopic (exact) mass is 472 g/mol. The first-order valence-corrected chi connectivity index (χ1v) is 11.7. The number of para-hydroxylation sites is 1. The molecule has 1 aliphatic rings. The highest BCUT2D eigenvalue weighted by Gasteiger charge is 2.29. The topological polar surface area (TPSA) is 105 Å². The number of carbonyl (C=O) groups excluding carboxylic acids is 2. The van der Waals surface area contributed by atoms with E-state index in [9.17, 15) is 19.5 Å². The molecule has 0 saturated heterocycles. The fourth-order valence-corrected chi connectivity index (χ4v) is 4.44. The Balaban J connectivity index is 1.43. The zero-order valence-corrected chi connectivity index (χ0v) is 19.5. The molecule has 0 bridgehead atoms. The van der Waals surface area contributed by atoms with Crippen molar-refractivity contribution in [2.45, 2.75) is 38.1 Å². The van der Waals surface area contributed by atoms with Gasteiger partial charge in [0, 0.05) is 5.92 Å². The van der Waals surface area contributed by atoms with E-state index in [1.54, 1.807) is 18.2 Å². The van der Waals surface area contributed by atoms with Gasteiger partial charge < -0.3 is 15.2 Å². The SMILES string of the molecule is CCCC[C@H](NC(=O)c1ccccc1NC(=O)OCC1c2ccccc2-c2ccccc21)C(=O)O. The molecule has 35 heavy (non-hydrogen) atoms. The van der Waals surface area contributed by atoms with Crippen LogP contribution in [0.5, 0.6) is 0 Å². The summed E-state index contributed by atoms with van der Waals surface area (Å²) in [4.78, 5) is 37.0. The summed E-state index contributed by atoms with van der Waals surface area (Å²) in [6, 6.07) is 21.6. The molecule has 3 aromatic rings. The van der Waals surface area contributed by atoms with Gasteiger partial charge in [0.05, 0.1) is 11.3 Å². The minimum Gasteiger partial charge on any atom is -0.480 e. The largest absolute Gasteiger partial charge is 0.480 e. The van der Waals surface area contributed by atoms with Gasteiger partial charge in [0.15, 0.2) is 0 Å². The van der Waals surface area contributed by atoms with E-state index in [0.717, 1.165) is 28.7 Å². The van der Waals surface area contributed by atoms with E-state index in [0.29, 0.717) is 12.8 Å². The fourth-order valence-electron chi connectivity index (χ4n) is 4.44. The fraction of sp³-hybridized carbons (Fsp3) is 0.250. The second kappa shape index (κ2) is 10.9. The zero-order chi connectivity index (χ0) is 24.8. The van der Waals surface area contributed by atoms with Gasteiger partial charge in [-0.3, -0.25) is 10.1 Å². The lowest BCUT2D eigenvalue weighted by Gasteiger charge is -2.17. The number of nitrogens with one attached hydrogen (secondary N) is 2. The smallest absolute Gasteiger partial charge is 0.411 e. The maximum Gasteiger partial charge on any atom is 0.411 e. The van der Waals surface area contributed by atoms with Crippen LogP contribution in [0.4, 0.5) is 10.5 Å². The maximum absolute atomic E-state index is 12.8. The van der Waals surface area contributed by atoms with E-state index in [1.807, 2.05) is 43.3 Å². The summed E-state index contributed by atoms with van der Waals surface area (Å²) in [5.74, 6) is -1.74. The first kappa shape index (κ1) is 24.0. The normalized spacial score (nSPS) is 12.8. The van der Waals surface area contributed by atoms with E-state index < -0.39 is 24.0 Å². The lowest BCUT2D eigenvalue weighted by atomic mass is 9.98. The number of unbranched alkanes of at least 4 members (excludes halogenated alkanes) is 1. The van der Waals surface area contributed by atoms with Gasteiger partial charge >= 0.3 is 12.1 Å². The molecule has 0 aliphatic heterocycles. The third kappa shape index (κ3) is 5.35. The molecule has 7 heteroatoms. The summed E-state index contributed by atoms with van der Waals surface area (Å²) in [5, 5.41) is 14.6. The number of hydrogen-bond donors (Lipinski definition) is 3. The predicted octanol–water partition coefficient (Wildman–Crippen LogP) is 5.42. The maximum atomic E-state index is 12.8. The average molecular weight is 473 g/mol. The summed E-state index contributed by atoms with van der Waals surface area (Å²) in [5.41, 5.74) is 4.90. The Hall–Kier alpha value is -4.13. The molecule has 0 spiro atoms. The number of aliphatic carboxylic acids is 1. The van der Waals surface area contributed by atoms with Crippen molar-refractivity contribution in [3.63, 3.8) is 0 Å².